The molecule has 1 heterocycles. The molecule has 0 aliphatic carbocycles. The van der Waals surface area contributed by atoms with E-state index in [9.17, 15) is 0 Å². The van der Waals surface area contributed by atoms with E-state index in [1.807, 2.05) is 0 Å². The summed E-state index contributed by atoms with van der Waals surface area (Å²) >= 11 is 0. The van der Waals surface area contributed by atoms with Crippen LogP contribution >= 0.6 is 0 Å². The largest absolute Gasteiger partial charge is 0.350 e. The molecule has 0 radical (unpaired) electrons. The van der Waals surface area contributed by atoms with Gasteiger partial charge in [0.25, 0.3) is 0 Å². The fraction of sp³-hybridized carbons (Fsp3) is 0.429. The van der Waals surface area contributed by atoms with E-state index < -0.39 is 0 Å². The Labute approximate surface area is 97.1 Å². The molecule has 1 aromatic heterocycles. The van der Waals surface area contributed by atoms with E-state index in [4.69, 9.17) is 5.73 Å². The van der Waals surface area contributed by atoms with Gasteiger partial charge in [0.05, 0.1) is 0 Å². The molecule has 0 aliphatic heterocycles. The topological polar surface area (TPSA) is 30.9 Å². The van der Waals surface area contributed by atoms with E-state index in [-0.39, 0.29) is 0 Å². The van der Waals surface area contributed by atoms with Gasteiger partial charge >= 0.3 is 0 Å². The number of para-hydroxylation sites is 1. The van der Waals surface area contributed by atoms with Gasteiger partial charge in [0.1, 0.15) is 0 Å². The summed E-state index contributed by atoms with van der Waals surface area (Å²) in [5.41, 5.74) is 8.57. The van der Waals surface area contributed by atoms with Crippen LogP contribution in [-0.4, -0.2) is 11.1 Å². The summed E-state index contributed by atoms with van der Waals surface area (Å²) in [6.07, 6.45) is 2.22. The Hall–Kier alpha value is -1.28. The molecule has 0 saturated heterocycles. The average Bonchev–Trinajstić information content (AvgIpc) is 2.58. The van der Waals surface area contributed by atoms with Gasteiger partial charge in [-0.25, -0.2) is 0 Å². The van der Waals surface area contributed by atoms with Crippen LogP contribution in [0.4, 0.5) is 0 Å². The molecule has 0 fully saturated rings. The Morgan fingerprint density at radius 1 is 1.25 bits per heavy atom. The van der Waals surface area contributed by atoms with E-state index in [2.05, 4.69) is 55.9 Å². The predicted octanol–water partition coefficient (Wildman–Crippen LogP) is 2.88. The fourth-order valence-electron chi connectivity index (χ4n) is 2.43. The van der Waals surface area contributed by atoms with Crippen molar-refractivity contribution in [1.29, 1.82) is 0 Å². The highest BCUT2D eigenvalue weighted by atomic mass is 14.9. The van der Waals surface area contributed by atoms with E-state index in [0.717, 1.165) is 0 Å². The normalized spacial score (nSPS) is 13.6. The SMILES string of the molecule is CC(C)C(CN)c1cn(C)c2ccccc12. The first kappa shape index (κ1) is 11.2. The second-order valence-electron chi connectivity index (χ2n) is 4.80. The van der Waals surface area contributed by atoms with Crippen molar-refractivity contribution in [2.75, 3.05) is 6.54 Å². The van der Waals surface area contributed by atoms with Crippen molar-refractivity contribution in [1.82, 2.24) is 4.57 Å². The maximum Gasteiger partial charge on any atom is 0.0480 e. The standard InChI is InChI=1S/C14H20N2/c1-10(2)12(8-15)13-9-16(3)14-7-5-4-6-11(13)14/h4-7,9-10,12H,8,15H2,1-3H3. The van der Waals surface area contributed by atoms with E-state index in [1.54, 1.807) is 0 Å². The molecule has 2 N–H and O–H groups in total. The third-order valence-corrected chi connectivity index (χ3v) is 3.39. The van der Waals surface area contributed by atoms with Gasteiger partial charge in [-0.3, -0.25) is 0 Å². The van der Waals surface area contributed by atoms with Gasteiger partial charge in [0, 0.05) is 30.1 Å². The molecule has 2 nitrogen and oxygen atoms in total. The van der Waals surface area contributed by atoms with Crippen LogP contribution in [0.15, 0.2) is 30.5 Å². The summed E-state index contributed by atoms with van der Waals surface area (Å²) in [4.78, 5) is 0. The Morgan fingerprint density at radius 3 is 2.56 bits per heavy atom. The number of aryl methyl sites for hydroxylation is 1. The van der Waals surface area contributed by atoms with Gasteiger partial charge in [-0.15, -0.1) is 0 Å². The molecule has 0 saturated carbocycles. The zero-order chi connectivity index (χ0) is 11.7. The molecule has 2 aromatic rings. The van der Waals surface area contributed by atoms with Crippen LogP contribution in [0.5, 0.6) is 0 Å². The summed E-state index contributed by atoms with van der Waals surface area (Å²) in [6.45, 7) is 5.18. The molecule has 1 aromatic carbocycles. The molecule has 0 spiro atoms. The molecule has 16 heavy (non-hydrogen) atoms. The number of rotatable bonds is 3. The maximum atomic E-state index is 5.90. The lowest BCUT2D eigenvalue weighted by atomic mass is 9.88. The lowest BCUT2D eigenvalue weighted by Crippen LogP contribution is -2.17. The lowest BCUT2D eigenvalue weighted by Gasteiger charge is -2.18. The second kappa shape index (κ2) is 4.30. The fourth-order valence-corrected chi connectivity index (χ4v) is 2.43. The number of nitrogens with zero attached hydrogens (tertiary/aromatic N) is 1. The first-order valence-corrected chi connectivity index (χ1v) is 5.89. The summed E-state index contributed by atoms with van der Waals surface area (Å²) in [5, 5.41) is 1.34. The monoisotopic (exact) mass is 216 g/mol. The summed E-state index contributed by atoms with van der Waals surface area (Å²) < 4.78 is 2.19. The Morgan fingerprint density at radius 2 is 1.94 bits per heavy atom. The van der Waals surface area contributed by atoms with Gasteiger partial charge in [-0.2, -0.15) is 0 Å². The van der Waals surface area contributed by atoms with Crippen molar-refractivity contribution >= 4 is 10.9 Å². The zero-order valence-electron chi connectivity index (χ0n) is 10.3. The van der Waals surface area contributed by atoms with Gasteiger partial charge in [0.15, 0.2) is 0 Å². The molecule has 1 unspecified atom stereocenters. The van der Waals surface area contributed by atoms with Crippen molar-refractivity contribution in [2.24, 2.45) is 18.7 Å². The van der Waals surface area contributed by atoms with Crippen LogP contribution in [0.1, 0.15) is 25.3 Å². The van der Waals surface area contributed by atoms with E-state index in [0.29, 0.717) is 18.4 Å². The molecule has 86 valence electrons. The number of nitrogens with two attached hydrogens (primary N) is 1. The third kappa shape index (κ3) is 1.74. The van der Waals surface area contributed by atoms with E-state index in [1.165, 1.54) is 16.5 Å². The zero-order valence-corrected chi connectivity index (χ0v) is 10.3. The second-order valence-corrected chi connectivity index (χ2v) is 4.80. The molecule has 0 bridgehead atoms. The quantitative estimate of drug-likeness (QED) is 0.840. The van der Waals surface area contributed by atoms with Crippen LogP contribution in [0, 0.1) is 5.92 Å². The van der Waals surface area contributed by atoms with Crippen LogP contribution in [0.25, 0.3) is 10.9 Å². The highest BCUT2D eigenvalue weighted by Crippen LogP contribution is 2.31. The molecule has 1 atom stereocenters. The van der Waals surface area contributed by atoms with Crippen molar-refractivity contribution in [3.8, 4) is 0 Å². The minimum Gasteiger partial charge on any atom is -0.350 e. The lowest BCUT2D eigenvalue weighted by molar-refractivity contribution is 0.508. The highest BCUT2D eigenvalue weighted by molar-refractivity contribution is 5.84. The van der Waals surface area contributed by atoms with Gasteiger partial charge in [-0.05, 0) is 24.1 Å². The third-order valence-electron chi connectivity index (χ3n) is 3.39. The van der Waals surface area contributed by atoms with Gasteiger partial charge in [-0.1, -0.05) is 32.0 Å². The minimum absolute atomic E-state index is 0.450. The van der Waals surface area contributed by atoms with Crippen LogP contribution in [0.3, 0.4) is 0 Å². The summed E-state index contributed by atoms with van der Waals surface area (Å²) in [6, 6.07) is 8.53. The van der Waals surface area contributed by atoms with E-state index >= 15 is 0 Å². The Bertz CT molecular complexity index is 482. The molecule has 2 rings (SSSR count). The molecular weight excluding hydrogens is 196 g/mol. The maximum absolute atomic E-state index is 5.90. The van der Waals surface area contributed by atoms with Crippen molar-refractivity contribution in [3.05, 3.63) is 36.0 Å². The molecular formula is C14H20N2. The minimum atomic E-state index is 0.450. The Kier molecular flexibility index (Phi) is 3.01. The number of fused-ring (bicyclic) bond motifs is 1. The first-order valence-electron chi connectivity index (χ1n) is 5.89. The van der Waals surface area contributed by atoms with Crippen LogP contribution in [-0.2, 0) is 7.05 Å². The summed E-state index contributed by atoms with van der Waals surface area (Å²) in [5.74, 6) is 1.03. The van der Waals surface area contributed by atoms with Crippen molar-refractivity contribution in [3.63, 3.8) is 0 Å². The highest BCUT2D eigenvalue weighted by Gasteiger charge is 2.18. The number of aromatic nitrogens is 1. The Balaban J connectivity index is 2.60. The van der Waals surface area contributed by atoms with Crippen molar-refractivity contribution in [2.45, 2.75) is 19.8 Å². The number of benzene rings is 1. The summed E-state index contributed by atoms with van der Waals surface area (Å²) in [7, 11) is 2.10. The van der Waals surface area contributed by atoms with Crippen LogP contribution < -0.4 is 5.73 Å². The number of hydrogen-bond acceptors (Lipinski definition) is 1. The van der Waals surface area contributed by atoms with Crippen molar-refractivity contribution < 1.29 is 0 Å². The van der Waals surface area contributed by atoms with Gasteiger partial charge < -0.3 is 10.3 Å². The van der Waals surface area contributed by atoms with Crippen LogP contribution in [0.2, 0.25) is 0 Å². The average molecular weight is 216 g/mol. The molecule has 0 amide bonds. The molecule has 2 heteroatoms. The van der Waals surface area contributed by atoms with Gasteiger partial charge in [0.2, 0.25) is 0 Å². The molecule has 0 aliphatic rings. The predicted molar refractivity (Wildman–Crippen MR) is 69.6 cm³/mol. The first-order chi connectivity index (χ1) is 7.65. The smallest absolute Gasteiger partial charge is 0.0480 e. The number of hydrogen-bond donors (Lipinski definition) is 1.